The van der Waals surface area contributed by atoms with Crippen molar-refractivity contribution in [1.82, 2.24) is 14.9 Å². The van der Waals surface area contributed by atoms with E-state index in [1.807, 2.05) is 17.9 Å². The summed E-state index contributed by atoms with van der Waals surface area (Å²) in [6, 6.07) is 10.5. The Kier molecular flexibility index (Phi) is 5.43. The van der Waals surface area contributed by atoms with Crippen LogP contribution in [0.5, 0.6) is 0 Å². The fourth-order valence-electron chi connectivity index (χ4n) is 3.77. The van der Waals surface area contributed by atoms with Crippen LogP contribution in [0.1, 0.15) is 21.9 Å². The third-order valence-electron chi connectivity index (χ3n) is 5.31. The molecule has 148 valence electrons. The van der Waals surface area contributed by atoms with Crippen molar-refractivity contribution < 1.29 is 9.53 Å². The van der Waals surface area contributed by atoms with Gasteiger partial charge in [0.2, 0.25) is 0 Å². The average molecular weight is 381 g/mol. The normalized spacial score (nSPS) is 17.7. The minimum absolute atomic E-state index is 0.0338. The molecule has 3 heterocycles. The van der Waals surface area contributed by atoms with Crippen LogP contribution in [0.15, 0.2) is 30.3 Å². The zero-order valence-electron chi connectivity index (χ0n) is 16.6. The van der Waals surface area contributed by atoms with Crippen LogP contribution in [0, 0.1) is 13.8 Å². The fourth-order valence-corrected chi connectivity index (χ4v) is 3.77. The third kappa shape index (κ3) is 4.09. The molecule has 0 atom stereocenters. The van der Waals surface area contributed by atoms with Gasteiger partial charge in [-0.1, -0.05) is 12.1 Å². The lowest BCUT2D eigenvalue weighted by Gasteiger charge is -2.37. The van der Waals surface area contributed by atoms with E-state index in [0.29, 0.717) is 37.8 Å². The van der Waals surface area contributed by atoms with E-state index in [2.05, 4.69) is 51.0 Å². The van der Waals surface area contributed by atoms with Gasteiger partial charge in [0.25, 0.3) is 5.91 Å². The van der Waals surface area contributed by atoms with Crippen molar-refractivity contribution in [2.75, 3.05) is 62.3 Å². The molecular weight excluding hydrogens is 354 g/mol. The quantitative estimate of drug-likeness (QED) is 0.809. The maximum atomic E-state index is 12.8. The van der Waals surface area contributed by atoms with E-state index < -0.39 is 0 Å². The second kappa shape index (κ2) is 8.14. The zero-order chi connectivity index (χ0) is 19.5. The molecule has 2 saturated heterocycles. The summed E-state index contributed by atoms with van der Waals surface area (Å²) >= 11 is 0. The highest BCUT2D eigenvalue weighted by Crippen LogP contribution is 2.21. The van der Waals surface area contributed by atoms with Gasteiger partial charge in [-0.2, -0.15) is 0 Å². The number of carbonyl (C=O) groups excluding carboxylic acids is 1. The van der Waals surface area contributed by atoms with Crippen molar-refractivity contribution in [3.8, 4) is 0 Å². The van der Waals surface area contributed by atoms with Gasteiger partial charge in [-0.3, -0.25) is 4.79 Å². The molecule has 1 aromatic carbocycles. The van der Waals surface area contributed by atoms with Gasteiger partial charge in [0.05, 0.1) is 13.2 Å². The molecule has 2 aliphatic heterocycles. The van der Waals surface area contributed by atoms with Crippen molar-refractivity contribution in [2.24, 2.45) is 0 Å². The molecule has 7 heteroatoms. The standard InChI is InChI=1S/C21H27N5O2/c1-16-4-3-5-18(14-16)24-6-8-25(9-7-24)20-15-19(22-17(2)23-20)21(27)26-10-12-28-13-11-26/h3-5,14-15H,6-13H2,1-2H3. The number of hydrogen-bond acceptors (Lipinski definition) is 6. The predicted molar refractivity (Wildman–Crippen MR) is 109 cm³/mol. The van der Waals surface area contributed by atoms with Crippen LogP contribution in [-0.2, 0) is 4.74 Å². The number of piperazine rings is 1. The lowest BCUT2D eigenvalue weighted by Crippen LogP contribution is -2.47. The highest BCUT2D eigenvalue weighted by molar-refractivity contribution is 5.93. The molecule has 2 fully saturated rings. The second-order valence-electron chi connectivity index (χ2n) is 7.38. The minimum Gasteiger partial charge on any atom is -0.378 e. The maximum absolute atomic E-state index is 12.8. The predicted octanol–water partition coefficient (Wildman–Crippen LogP) is 1.89. The van der Waals surface area contributed by atoms with E-state index in [9.17, 15) is 4.79 Å². The average Bonchev–Trinajstić information content (AvgIpc) is 2.73. The summed E-state index contributed by atoms with van der Waals surface area (Å²) in [5.41, 5.74) is 3.02. The number of ether oxygens (including phenoxy) is 1. The first-order valence-corrected chi connectivity index (χ1v) is 9.89. The van der Waals surface area contributed by atoms with Gasteiger partial charge in [0.1, 0.15) is 17.3 Å². The Balaban J connectivity index is 1.46. The van der Waals surface area contributed by atoms with Crippen molar-refractivity contribution >= 4 is 17.4 Å². The van der Waals surface area contributed by atoms with Gasteiger partial charge in [0, 0.05) is 51.0 Å². The Labute approximate surface area is 165 Å². The molecule has 0 aliphatic carbocycles. The van der Waals surface area contributed by atoms with Gasteiger partial charge >= 0.3 is 0 Å². The van der Waals surface area contributed by atoms with E-state index in [0.717, 1.165) is 32.0 Å². The Morgan fingerprint density at radius 2 is 1.64 bits per heavy atom. The van der Waals surface area contributed by atoms with Crippen LogP contribution in [0.4, 0.5) is 11.5 Å². The van der Waals surface area contributed by atoms with Gasteiger partial charge < -0.3 is 19.4 Å². The van der Waals surface area contributed by atoms with Crippen LogP contribution in [0.3, 0.4) is 0 Å². The SMILES string of the molecule is Cc1cccc(N2CCN(c3cc(C(=O)N4CCOCC4)nc(C)n3)CC2)c1. The molecule has 0 N–H and O–H groups in total. The molecule has 28 heavy (non-hydrogen) atoms. The van der Waals surface area contributed by atoms with Crippen molar-refractivity contribution in [2.45, 2.75) is 13.8 Å². The van der Waals surface area contributed by atoms with Gasteiger partial charge in [-0.15, -0.1) is 0 Å². The van der Waals surface area contributed by atoms with Crippen molar-refractivity contribution in [1.29, 1.82) is 0 Å². The first kappa shape index (κ1) is 18.7. The van der Waals surface area contributed by atoms with Gasteiger partial charge in [-0.25, -0.2) is 9.97 Å². The molecule has 4 rings (SSSR count). The Hall–Kier alpha value is -2.67. The Bertz CT molecular complexity index is 842. The third-order valence-corrected chi connectivity index (χ3v) is 5.31. The summed E-state index contributed by atoms with van der Waals surface area (Å²) < 4.78 is 5.34. The van der Waals surface area contributed by atoms with E-state index in [-0.39, 0.29) is 5.91 Å². The van der Waals surface area contributed by atoms with E-state index >= 15 is 0 Å². The summed E-state index contributed by atoms with van der Waals surface area (Å²) in [7, 11) is 0. The number of morpholine rings is 1. The van der Waals surface area contributed by atoms with Gasteiger partial charge in [0.15, 0.2) is 0 Å². The molecule has 0 saturated carbocycles. The first-order valence-electron chi connectivity index (χ1n) is 9.89. The lowest BCUT2D eigenvalue weighted by atomic mass is 10.2. The molecule has 0 spiro atoms. The highest BCUT2D eigenvalue weighted by atomic mass is 16.5. The number of anilines is 2. The lowest BCUT2D eigenvalue weighted by molar-refractivity contribution is 0.0299. The summed E-state index contributed by atoms with van der Waals surface area (Å²) in [5.74, 6) is 1.44. The van der Waals surface area contributed by atoms with Crippen LogP contribution in [-0.4, -0.2) is 73.3 Å². The molecule has 1 amide bonds. The molecule has 7 nitrogen and oxygen atoms in total. The number of aromatic nitrogens is 2. The fraction of sp³-hybridized carbons (Fsp3) is 0.476. The summed E-state index contributed by atoms with van der Waals surface area (Å²) in [5, 5.41) is 0. The highest BCUT2D eigenvalue weighted by Gasteiger charge is 2.23. The van der Waals surface area contributed by atoms with Crippen LogP contribution in [0.25, 0.3) is 0 Å². The number of rotatable bonds is 3. The molecule has 2 aliphatic rings. The summed E-state index contributed by atoms with van der Waals surface area (Å²) in [6.07, 6.45) is 0. The number of aryl methyl sites for hydroxylation is 2. The molecule has 0 unspecified atom stereocenters. The Morgan fingerprint density at radius 1 is 0.929 bits per heavy atom. The Morgan fingerprint density at radius 3 is 2.36 bits per heavy atom. The van der Waals surface area contributed by atoms with E-state index in [4.69, 9.17) is 4.74 Å². The maximum Gasteiger partial charge on any atom is 0.272 e. The van der Waals surface area contributed by atoms with Crippen LogP contribution < -0.4 is 9.80 Å². The largest absolute Gasteiger partial charge is 0.378 e. The number of carbonyl (C=O) groups is 1. The second-order valence-corrected chi connectivity index (χ2v) is 7.38. The minimum atomic E-state index is -0.0338. The van der Waals surface area contributed by atoms with Crippen LogP contribution in [0.2, 0.25) is 0 Å². The number of hydrogen-bond donors (Lipinski definition) is 0. The first-order chi connectivity index (χ1) is 13.6. The molecule has 0 bridgehead atoms. The zero-order valence-corrected chi connectivity index (χ0v) is 16.6. The number of benzene rings is 1. The summed E-state index contributed by atoms with van der Waals surface area (Å²) in [4.78, 5) is 28.3. The molecule has 1 aromatic heterocycles. The van der Waals surface area contributed by atoms with E-state index in [1.54, 1.807) is 0 Å². The monoisotopic (exact) mass is 381 g/mol. The number of nitrogens with zero attached hydrogens (tertiary/aromatic N) is 5. The smallest absolute Gasteiger partial charge is 0.272 e. The number of amides is 1. The molecular formula is C21H27N5O2. The molecule has 0 radical (unpaired) electrons. The molecule has 2 aromatic rings. The van der Waals surface area contributed by atoms with Gasteiger partial charge in [-0.05, 0) is 31.5 Å². The van der Waals surface area contributed by atoms with E-state index in [1.165, 1.54) is 11.3 Å². The summed E-state index contributed by atoms with van der Waals surface area (Å²) in [6.45, 7) is 9.98. The van der Waals surface area contributed by atoms with Crippen LogP contribution >= 0.6 is 0 Å². The topological polar surface area (TPSA) is 61.8 Å². The van der Waals surface area contributed by atoms with Crippen molar-refractivity contribution in [3.05, 3.63) is 47.4 Å². The van der Waals surface area contributed by atoms with Crippen molar-refractivity contribution in [3.63, 3.8) is 0 Å².